The number of carboxylic acids is 1. The highest BCUT2D eigenvalue weighted by Gasteiger charge is 2.42. The van der Waals surface area contributed by atoms with Crippen molar-refractivity contribution in [1.82, 2.24) is 0 Å². The monoisotopic (exact) mass is 258 g/mol. The van der Waals surface area contributed by atoms with Gasteiger partial charge in [0.15, 0.2) is 0 Å². The Labute approximate surface area is 99.8 Å². The van der Waals surface area contributed by atoms with Crippen LogP contribution in [0.3, 0.4) is 0 Å². The highest BCUT2D eigenvalue weighted by Crippen LogP contribution is 2.38. The van der Waals surface area contributed by atoms with Gasteiger partial charge < -0.3 is 9.52 Å². The second-order valence-corrected chi connectivity index (χ2v) is 3.91. The van der Waals surface area contributed by atoms with Crippen molar-refractivity contribution in [1.29, 1.82) is 0 Å². The first-order valence-corrected chi connectivity index (χ1v) is 5.13. The Bertz CT molecular complexity index is 571. The van der Waals surface area contributed by atoms with E-state index in [4.69, 9.17) is 9.52 Å². The molecule has 0 spiro atoms. The number of hydrogen-bond donors (Lipinski definition) is 1. The van der Waals surface area contributed by atoms with E-state index in [-0.39, 0.29) is 5.56 Å². The number of benzene rings is 1. The zero-order chi connectivity index (χ0) is 13.3. The predicted octanol–water partition coefficient (Wildman–Crippen LogP) is 3.55. The maximum absolute atomic E-state index is 12.8. The Morgan fingerprint density at radius 3 is 2.67 bits per heavy atom. The minimum absolute atomic E-state index is 0.0706. The Morgan fingerprint density at radius 2 is 2.06 bits per heavy atom. The molecule has 0 bridgehead atoms. The van der Waals surface area contributed by atoms with Crippen molar-refractivity contribution >= 4 is 16.9 Å². The molecular formula is C12H9F3O3. The van der Waals surface area contributed by atoms with E-state index in [0.717, 1.165) is 0 Å². The first kappa shape index (κ1) is 12.5. The minimum Gasteiger partial charge on any atom is -0.481 e. The van der Waals surface area contributed by atoms with Crippen LogP contribution in [-0.4, -0.2) is 17.3 Å². The average molecular weight is 258 g/mol. The number of furan rings is 1. The highest BCUT2D eigenvalue weighted by molar-refractivity contribution is 5.78. The molecule has 1 heterocycles. The zero-order valence-corrected chi connectivity index (χ0v) is 9.07. The lowest BCUT2D eigenvalue weighted by atomic mass is 9.94. The fraction of sp³-hybridized carbons (Fsp3) is 0.250. The smallest absolute Gasteiger partial charge is 0.396 e. The van der Waals surface area contributed by atoms with Crippen molar-refractivity contribution in [2.75, 3.05) is 0 Å². The Balaban J connectivity index is 2.43. The van der Waals surface area contributed by atoms with E-state index in [1.165, 1.54) is 30.5 Å². The summed E-state index contributed by atoms with van der Waals surface area (Å²) >= 11 is 0. The molecule has 2 aromatic rings. The fourth-order valence-corrected chi connectivity index (χ4v) is 1.80. The normalized spacial score (nSPS) is 13.7. The molecule has 1 N–H and O–H groups in total. The van der Waals surface area contributed by atoms with Gasteiger partial charge in [0.2, 0.25) is 0 Å². The standard InChI is InChI=1S/C12H9F3O3/c13-12(14,15)9(6-11(16)17)7-1-2-10-8(5-7)3-4-18-10/h1-5,9H,6H2,(H,16,17). The van der Waals surface area contributed by atoms with Crippen molar-refractivity contribution in [3.8, 4) is 0 Å². The van der Waals surface area contributed by atoms with Crippen LogP contribution in [-0.2, 0) is 4.79 Å². The Hall–Kier alpha value is -1.98. The van der Waals surface area contributed by atoms with Gasteiger partial charge in [0.1, 0.15) is 5.58 Å². The first-order chi connectivity index (χ1) is 8.38. The first-order valence-electron chi connectivity index (χ1n) is 5.13. The van der Waals surface area contributed by atoms with Crippen LogP contribution in [0.4, 0.5) is 13.2 Å². The van der Waals surface area contributed by atoms with Gasteiger partial charge in [0.25, 0.3) is 0 Å². The molecule has 0 fully saturated rings. The topological polar surface area (TPSA) is 50.4 Å². The van der Waals surface area contributed by atoms with Crippen LogP contribution < -0.4 is 0 Å². The van der Waals surface area contributed by atoms with Gasteiger partial charge in [-0.05, 0) is 23.8 Å². The second kappa shape index (κ2) is 4.36. The number of rotatable bonds is 3. The van der Waals surface area contributed by atoms with Gasteiger partial charge >= 0.3 is 12.1 Å². The van der Waals surface area contributed by atoms with Gasteiger partial charge in [0, 0.05) is 5.39 Å². The van der Waals surface area contributed by atoms with E-state index in [9.17, 15) is 18.0 Å². The van der Waals surface area contributed by atoms with Gasteiger partial charge in [-0.15, -0.1) is 0 Å². The van der Waals surface area contributed by atoms with E-state index in [1.54, 1.807) is 0 Å². The summed E-state index contributed by atoms with van der Waals surface area (Å²) in [7, 11) is 0. The van der Waals surface area contributed by atoms with Crippen LogP contribution in [0.25, 0.3) is 11.0 Å². The molecule has 18 heavy (non-hydrogen) atoms. The third kappa shape index (κ3) is 2.47. The summed E-state index contributed by atoms with van der Waals surface area (Å²) in [6, 6.07) is 5.49. The van der Waals surface area contributed by atoms with E-state index in [2.05, 4.69) is 0 Å². The van der Waals surface area contributed by atoms with Crippen LogP contribution in [0.15, 0.2) is 34.9 Å². The molecule has 1 aromatic carbocycles. The molecule has 6 heteroatoms. The number of carboxylic acid groups (broad SMARTS) is 1. The lowest BCUT2D eigenvalue weighted by molar-refractivity contribution is -0.163. The molecule has 0 aliphatic rings. The summed E-state index contributed by atoms with van der Waals surface area (Å²) in [6.45, 7) is 0. The molecule has 0 radical (unpaired) electrons. The Kier molecular flexibility index (Phi) is 3.02. The van der Waals surface area contributed by atoms with Gasteiger partial charge in [0.05, 0.1) is 18.6 Å². The summed E-state index contributed by atoms with van der Waals surface area (Å²) in [6.07, 6.45) is -4.20. The number of aliphatic carboxylic acids is 1. The number of fused-ring (bicyclic) bond motifs is 1. The number of carbonyl (C=O) groups is 1. The van der Waals surface area contributed by atoms with Gasteiger partial charge in [-0.1, -0.05) is 6.07 Å². The summed E-state index contributed by atoms with van der Waals surface area (Å²) in [4.78, 5) is 10.5. The van der Waals surface area contributed by atoms with Gasteiger partial charge in [-0.3, -0.25) is 4.79 Å². The Morgan fingerprint density at radius 1 is 1.33 bits per heavy atom. The van der Waals surface area contributed by atoms with Crippen molar-refractivity contribution < 1.29 is 27.5 Å². The van der Waals surface area contributed by atoms with E-state index in [1.807, 2.05) is 0 Å². The van der Waals surface area contributed by atoms with E-state index in [0.29, 0.717) is 11.0 Å². The highest BCUT2D eigenvalue weighted by atomic mass is 19.4. The summed E-state index contributed by atoms with van der Waals surface area (Å²) in [5.41, 5.74) is 0.397. The maximum atomic E-state index is 12.8. The molecule has 0 aliphatic carbocycles. The van der Waals surface area contributed by atoms with Crippen LogP contribution in [0.2, 0.25) is 0 Å². The van der Waals surface area contributed by atoms with E-state index < -0.39 is 24.5 Å². The van der Waals surface area contributed by atoms with E-state index >= 15 is 0 Å². The fourth-order valence-electron chi connectivity index (χ4n) is 1.80. The predicted molar refractivity (Wildman–Crippen MR) is 57.3 cm³/mol. The molecule has 0 saturated heterocycles. The minimum atomic E-state index is -4.59. The second-order valence-electron chi connectivity index (χ2n) is 3.91. The van der Waals surface area contributed by atoms with Crippen molar-refractivity contribution in [3.05, 3.63) is 36.1 Å². The molecule has 96 valence electrons. The number of hydrogen-bond acceptors (Lipinski definition) is 2. The lowest BCUT2D eigenvalue weighted by Crippen LogP contribution is -2.23. The summed E-state index contributed by atoms with van der Waals surface area (Å²) < 4.78 is 43.4. The zero-order valence-electron chi connectivity index (χ0n) is 9.07. The quantitative estimate of drug-likeness (QED) is 0.915. The largest absolute Gasteiger partial charge is 0.481 e. The molecule has 0 amide bonds. The van der Waals surface area contributed by atoms with Crippen LogP contribution in [0, 0.1) is 0 Å². The number of alkyl halides is 3. The molecule has 0 saturated carbocycles. The molecule has 2 rings (SSSR count). The van der Waals surface area contributed by atoms with Crippen LogP contribution >= 0.6 is 0 Å². The summed E-state index contributed by atoms with van der Waals surface area (Å²) in [5, 5.41) is 9.08. The van der Waals surface area contributed by atoms with Gasteiger partial charge in [-0.2, -0.15) is 13.2 Å². The summed E-state index contributed by atoms with van der Waals surface area (Å²) in [5.74, 6) is -3.49. The van der Waals surface area contributed by atoms with Crippen molar-refractivity contribution in [2.45, 2.75) is 18.5 Å². The SMILES string of the molecule is O=C(O)CC(c1ccc2occc2c1)C(F)(F)F. The molecule has 3 nitrogen and oxygen atoms in total. The van der Waals surface area contributed by atoms with Crippen molar-refractivity contribution in [3.63, 3.8) is 0 Å². The number of halogens is 3. The maximum Gasteiger partial charge on any atom is 0.396 e. The lowest BCUT2D eigenvalue weighted by Gasteiger charge is -2.18. The van der Waals surface area contributed by atoms with Crippen LogP contribution in [0.5, 0.6) is 0 Å². The molecule has 0 aliphatic heterocycles. The third-order valence-electron chi connectivity index (χ3n) is 2.65. The van der Waals surface area contributed by atoms with Crippen LogP contribution in [0.1, 0.15) is 17.9 Å². The van der Waals surface area contributed by atoms with Crippen molar-refractivity contribution in [2.24, 2.45) is 0 Å². The molecule has 1 unspecified atom stereocenters. The van der Waals surface area contributed by atoms with Gasteiger partial charge in [-0.25, -0.2) is 0 Å². The molecular weight excluding hydrogens is 249 g/mol. The molecule has 1 aromatic heterocycles. The third-order valence-corrected chi connectivity index (χ3v) is 2.65. The average Bonchev–Trinajstić information content (AvgIpc) is 2.70. The molecule has 1 atom stereocenters.